The number of allylic oxidation sites excluding steroid dienone is 3. The highest BCUT2D eigenvalue weighted by Crippen LogP contribution is 2.45. The van der Waals surface area contributed by atoms with Crippen LogP contribution in [0.5, 0.6) is 0 Å². The molecule has 0 amide bonds. The zero-order valence-corrected chi connectivity index (χ0v) is 20.7. The second-order valence-electron chi connectivity index (χ2n) is 8.45. The standard InChI is InChI=1S/C27H27Cl2NO4/c1-3-33-12-13-34-27(32)24-16(2)30-22-14-19(17-4-8-20(28)9-5-17)15-23(31)26(22)25(24)18-6-10-21(29)11-7-18/h4-11,19,25,30H,3,12-15H2,1-2H3/t19-,25-/m1/s1. The first-order chi connectivity index (χ1) is 16.4. The Morgan fingerprint density at radius 2 is 1.59 bits per heavy atom. The van der Waals surface area contributed by atoms with E-state index in [1.54, 1.807) is 12.1 Å². The third-order valence-corrected chi connectivity index (χ3v) is 6.76. The monoisotopic (exact) mass is 499 g/mol. The van der Waals surface area contributed by atoms with Crippen molar-refractivity contribution in [1.82, 2.24) is 5.32 Å². The average molecular weight is 500 g/mol. The van der Waals surface area contributed by atoms with E-state index in [2.05, 4.69) is 5.32 Å². The molecule has 2 atom stereocenters. The molecule has 0 radical (unpaired) electrons. The molecule has 0 saturated heterocycles. The fraction of sp³-hybridized carbons (Fsp3) is 0.333. The first kappa shape index (κ1) is 24.5. The molecule has 0 saturated carbocycles. The Balaban J connectivity index is 1.70. The van der Waals surface area contributed by atoms with Gasteiger partial charge in [0.2, 0.25) is 0 Å². The topological polar surface area (TPSA) is 64.6 Å². The number of esters is 1. The summed E-state index contributed by atoms with van der Waals surface area (Å²) in [6, 6.07) is 14.9. The first-order valence-electron chi connectivity index (χ1n) is 11.4. The zero-order valence-electron chi connectivity index (χ0n) is 19.2. The molecule has 2 aliphatic rings. The quantitative estimate of drug-likeness (QED) is 0.377. The van der Waals surface area contributed by atoms with Crippen LogP contribution in [0.25, 0.3) is 0 Å². The molecule has 7 heteroatoms. The summed E-state index contributed by atoms with van der Waals surface area (Å²) in [6.45, 7) is 4.75. The first-order valence-corrected chi connectivity index (χ1v) is 12.1. The van der Waals surface area contributed by atoms with E-state index in [-0.39, 0.29) is 18.3 Å². The smallest absolute Gasteiger partial charge is 0.336 e. The lowest BCUT2D eigenvalue weighted by atomic mass is 9.72. The molecule has 0 unspecified atom stereocenters. The molecule has 2 aromatic carbocycles. The van der Waals surface area contributed by atoms with Crippen molar-refractivity contribution in [3.05, 3.63) is 92.2 Å². The molecular weight excluding hydrogens is 473 g/mol. The van der Waals surface area contributed by atoms with Crippen LogP contribution in [-0.2, 0) is 19.1 Å². The van der Waals surface area contributed by atoms with E-state index in [0.29, 0.717) is 52.9 Å². The van der Waals surface area contributed by atoms with Gasteiger partial charge in [-0.15, -0.1) is 0 Å². The van der Waals surface area contributed by atoms with Crippen molar-refractivity contribution in [3.63, 3.8) is 0 Å². The van der Waals surface area contributed by atoms with E-state index >= 15 is 0 Å². The minimum Gasteiger partial charge on any atom is -0.460 e. The molecular formula is C27H27Cl2NO4. The summed E-state index contributed by atoms with van der Waals surface area (Å²) in [7, 11) is 0. The molecule has 178 valence electrons. The summed E-state index contributed by atoms with van der Waals surface area (Å²) in [5.74, 6) is -0.925. The third-order valence-electron chi connectivity index (χ3n) is 6.26. The lowest BCUT2D eigenvalue weighted by Gasteiger charge is -2.36. The predicted molar refractivity (Wildman–Crippen MR) is 133 cm³/mol. The van der Waals surface area contributed by atoms with Crippen LogP contribution in [0.2, 0.25) is 10.0 Å². The maximum atomic E-state index is 13.6. The van der Waals surface area contributed by atoms with Crippen LogP contribution in [0.4, 0.5) is 0 Å². The second-order valence-corrected chi connectivity index (χ2v) is 9.33. The number of ether oxygens (including phenoxy) is 2. The predicted octanol–water partition coefficient (Wildman–Crippen LogP) is 5.93. The van der Waals surface area contributed by atoms with E-state index in [1.807, 2.05) is 50.2 Å². The molecule has 0 bridgehead atoms. The summed E-state index contributed by atoms with van der Waals surface area (Å²) in [4.78, 5) is 26.7. The molecule has 1 N–H and O–H groups in total. The van der Waals surface area contributed by atoms with Gasteiger partial charge < -0.3 is 14.8 Å². The van der Waals surface area contributed by atoms with Crippen LogP contribution in [-0.4, -0.2) is 31.6 Å². The number of ketones is 1. The molecule has 0 fully saturated rings. The fourth-order valence-electron chi connectivity index (χ4n) is 4.68. The number of carbonyl (C=O) groups excluding carboxylic acids is 2. The van der Waals surface area contributed by atoms with E-state index in [0.717, 1.165) is 16.8 Å². The van der Waals surface area contributed by atoms with Crippen molar-refractivity contribution in [1.29, 1.82) is 0 Å². The molecule has 1 heterocycles. The summed E-state index contributed by atoms with van der Waals surface area (Å²) in [6.07, 6.45) is 1.02. The molecule has 5 nitrogen and oxygen atoms in total. The van der Waals surface area contributed by atoms with Crippen molar-refractivity contribution >= 4 is 35.0 Å². The van der Waals surface area contributed by atoms with Gasteiger partial charge in [-0.05, 0) is 61.6 Å². The van der Waals surface area contributed by atoms with Crippen LogP contribution in [0.15, 0.2) is 71.1 Å². The zero-order chi connectivity index (χ0) is 24.2. The number of hydrogen-bond acceptors (Lipinski definition) is 5. The minimum absolute atomic E-state index is 0.0146. The number of hydrogen-bond donors (Lipinski definition) is 1. The van der Waals surface area contributed by atoms with Gasteiger partial charge in [0.1, 0.15) is 6.61 Å². The van der Waals surface area contributed by atoms with Crippen molar-refractivity contribution in [2.45, 2.75) is 38.5 Å². The highest BCUT2D eigenvalue weighted by Gasteiger charge is 2.41. The summed E-state index contributed by atoms with van der Waals surface area (Å²) < 4.78 is 10.8. The SMILES string of the molecule is CCOCCOC(=O)C1=C(C)NC2=C(C(=O)C[C@H](c3ccc(Cl)cc3)C2)[C@@H]1c1ccc(Cl)cc1. The number of nitrogens with one attached hydrogen (secondary N) is 1. The van der Waals surface area contributed by atoms with Gasteiger partial charge in [0.15, 0.2) is 5.78 Å². The Morgan fingerprint density at radius 3 is 2.21 bits per heavy atom. The van der Waals surface area contributed by atoms with Crippen LogP contribution in [0.1, 0.15) is 49.7 Å². The van der Waals surface area contributed by atoms with Crippen LogP contribution in [0, 0.1) is 0 Å². The maximum absolute atomic E-state index is 13.6. The molecule has 0 spiro atoms. The summed E-state index contributed by atoms with van der Waals surface area (Å²) in [5, 5.41) is 4.61. The molecule has 2 aromatic rings. The molecule has 1 aliphatic carbocycles. The maximum Gasteiger partial charge on any atom is 0.336 e. The van der Waals surface area contributed by atoms with Crippen LogP contribution < -0.4 is 5.32 Å². The number of halogens is 2. The number of dihydropyridines is 1. The Kier molecular flexibility index (Phi) is 7.77. The van der Waals surface area contributed by atoms with Gasteiger partial charge in [-0.3, -0.25) is 4.79 Å². The summed E-state index contributed by atoms with van der Waals surface area (Å²) in [5.41, 5.74) is 4.49. The van der Waals surface area contributed by atoms with E-state index in [1.165, 1.54) is 0 Å². The van der Waals surface area contributed by atoms with Crippen LogP contribution in [0.3, 0.4) is 0 Å². The number of Topliss-reactive ketones (excluding diaryl/α,β-unsaturated/α-hetero) is 1. The Morgan fingerprint density at radius 1 is 0.971 bits per heavy atom. The molecule has 0 aromatic heterocycles. The minimum atomic E-state index is -0.522. The van der Waals surface area contributed by atoms with E-state index < -0.39 is 11.9 Å². The van der Waals surface area contributed by atoms with Gasteiger partial charge in [0, 0.05) is 46.0 Å². The van der Waals surface area contributed by atoms with Gasteiger partial charge in [0.05, 0.1) is 12.2 Å². The number of benzene rings is 2. The lowest BCUT2D eigenvalue weighted by molar-refractivity contribution is -0.140. The molecule has 1 aliphatic heterocycles. The van der Waals surface area contributed by atoms with Crippen molar-refractivity contribution in [2.75, 3.05) is 19.8 Å². The van der Waals surface area contributed by atoms with E-state index in [9.17, 15) is 9.59 Å². The second kappa shape index (κ2) is 10.8. The molecule has 4 rings (SSSR count). The van der Waals surface area contributed by atoms with Crippen molar-refractivity contribution in [3.8, 4) is 0 Å². The largest absolute Gasteiger partial charge is 0.460 e. The van der Waals surface area contributed by atoms with Gasteiger partial charge in [-0.2, -0.15) is 0 Å². The Bertz CT molecular complexity index is 1140. The number of rotatable bonds is 7. The van der Waals surface area contributed by atoms with Crippen LogP contribution >= 0.6 is 23.2 Å². The van der Waals surface area contributed by atoms with Gasteiger partial charge in [-0.25, -0.2) is 4.79 Å². The summed E-state index contributed by atoms with van der Waals surface area (Å²) >= 11 is 12.2. The fourth-order valence-corrected chi connectivity index (χ4v) is 4.94. The van der Waals surface area contributed by atoms with Crippen molar-refractivity contribution < 1.29 is 19.1 Å². The number of carbonyl (C=O) groups is 2. The Hall–Kier alpha value is -2.60. The van der Waals surface area contributed by atoms with Gasteiger partial charge in [-0.1, -0.05) is 47.5 Å². The highest BCUT2D eigenvalue weighted by atomic mass is 35.5. The normalized spacial score (nSPS) is 20.2. The Labute approximate surface area is 209 Å². The van der Waals surface area contributed by atoms with Gasteiger partial charge >= 0.3 is 5.97 Å². The molecule has 34 heavy (non-hydrogen) atoms. The van der Waals surface area contributed by atoms with Crippen molar-refractivity contribution in [2.24, 2.45) is 0 Å². The highest BCUT2D eigenvalue weighted by molar-refractivity contribution is 6.30. The van der Waals surface area contributed by atoms with Gasteiger partial charge in [0.25, 0.3) is 0 Å². The average Bonchev–Trinajstić information content (AvgIpc) is 2.81. The third kappa shape index (κ3) is 5.22. The lowest BCUT2D eigenvalue weighted by Crippen LogP contribution is -2.36. The van der Waals surface area contributed by atoms with E-state index in [4.69, 9.17) is 32.7 Å².